The summed E-state index contributed by atoms with van der Waals surface area (Å²) in [5, 5.41) is 8.65. The monoisotopic (exact) mass is 235 g/mol. The average Bonchev–Trinajstić information content (AvgIpc) is 2.78. The molecular formula is C11H9NO5. The standard InChI is InChI=1S/C11H9NO5/c1-15-7-3-2-4-8(5-7)17-11-12-9(6-16-11)10(13)14/h2-6H,1H3,(H,13,14). The summed E-state index contributed by atoms with van der Waals surface area (Å²) in [7, 11) is 1.53. The molecule has 0 spiro atoms. The van der Waals surface area contributed by atoms with Gasteiger partial charge < -0.3 is 19.0 Å². The molecule has 0 amide bonds. The molecule has 0 bridgehead atoms. The van der Waals surface area contributed by atoms with Crippen LogP contribution in [-0.4, -0.2) is 23.2 Å². The molecule has 0 aliphatic heterocycles. The van der Waals surface area contributed by atoms with Crippen molar-refractivity contribution in [1.29, 1.82) is 0 Å². The van der Waals surface area contributed by atoms with Gasteiger partial charge in [-0.05, 0) is 12.1 Å². The summed E-state index contributed by atoms with van der Waals surface area (Å²) in [6, 6.07) is 6.79. The van der Waals surface area contributed by atoms with Crippen molar-refractivity contribution in [2.24, 2.45) is 0 Å². The fourth-order valence-corrected chi connectivity index (χ4v) is 1.17. The van der Waals surface area contributed by atoms with E-state index in [0.717, 1.165) is 6.26 Å². The molecule has 0 saturated carbocycles. The first-order valence-corrected chi connectivity index (χ1v) is 4.70. The van der Waals surface area contributed by atoms with Crippen LogP contribution in [0.25, 0.3) is 0 Å². The van der Waals surface area contributed by atoms with Crippen molar-refractivity contribution in [2.75, 3.05) is 7.11 Å². The average molecular weight is 235 g/mol. The van der Waals surface area contributed by atoms with Gasteiger partial charge in [0.15, 0.2) is 5.69 Å². The van der Waals surface area contributed by atoms with Crippen LogP contribution in [0.2, 0.25) is 0 Å². The van der Waals surface area contributed by atoms with Gasteiger partial charge in [-0.1, -0.05) is 6.07 Å². The van der Waals surface area contributed by atoms with Crippen molar-refractivity contribution in [3.8, 4) is 17.6 Å². The highest BCUT2D eigenvalue weighted by atomic mass is 16.6. The van der Waals surface area contributed by atoms with Crippen LogP contribution in [-0.2, 0) is 0 Å². The number of benzene rings is 1. The maximum atomic E-state index is 10.6. The van der Waals surface area contributed by atoms with Crippen molar-refractivity contribution >= 4 is 5.97 Å². The highest BCUT2D eigenvalue weighted by molar-refractivity contribution is 5.84. The van der Waals surface area contributed by atoms with Crippen LogP contribution in [0.5, 0.6) is 17.6 Å². The number of hydrogen-bond acceptors (Lipinski definition) is 5. The first kappa shape index (κ1) is 11.0. The van der Waals surface area contributed by atoms with Crippen LogP contribution in [0.15, 0.2) is 34.9 Å². The zero-order chi connectivity index (χ0) is 12.3. The lowest BCUT2D eigenvalue weighted by Crippen LogP contribution is -1.95. The first-order valence-electron chi connectivity index (χ1n) is 4.70. The molecule has 2 rings (SSSR count). The first-order chi connectivity index (χ1) is 8.19. The normalized spacial score (nSPS) is 9.94. The molecule has 0 aliphatic carbocycles. The quantitative estimate of drug-likeness (QED) is 0.874. The van der Waals surface area contributed by atoms with Crippen LogP contribution in [0, 0.1) is 0 Å². The van der Waals surface area contributed by atoms with E-state index >= 15 is 0 Å². The zero-order valence-electron chi connectivity index (χ0n) is 8.91. The molecule has 1 aromatic carbocycles. The maximum absolute atomic E-state index is 10.6. The van der Waals surface area contributed by atoms with Crippen molar-refractivity contribution in [3.05, 3.63) is 36.2 Å². The fraction of sp³-hybridized carbons (Fsp3) is 0.0909. The Bertz CT molecular complexity index is 534. The van der Waals surface area contributed by atoms with Gasteiger partial charge in [-0.2, -0.15) is 4.98 Å². The molecule has 2 aromatic rings. The van der Waals surface area contributed by atoms with Crippen LogP contribution in [0.1, 0.15) is 10.5 Å². The van der Waals surface area contributed by atoms with E-state index in [1.807, 2.05) is 0 Å². The van der Waals surface area contributed by atoms with Gasteiger partial charge in [0.2, 0.25) is 0 Å². The number of carbonyl (C=O) groups is 1. The van der Waals surface area contributed by atoms with Crippen molar-refractivity contribution in [1.82, 2.24) is 4.98 Å². The minimum atomic E-state index is -1.17. The molecule has 1 N–H and O–H groups in total. The molecule has 0 unspecified atom stereocenters. The van der Waals surface area contributed by atoms with Crippen LogP contribution < -0.4 is 9.47 Å². The molecule has 17 heavy (non-hydrogen) atoms. The third-order valence-electron chi connectivity index (χ3n) is 1.95. The Morgan fingerprint density at radius 3 is 2.82 bits per heavy atom. The largest absolute Gasteiger partial charge is 0.497 e. The molecule has 0 aliphatic rings. The van der Waals surface area contributed by atoms with E-state index in [9.17, 15) is 4.79 Å². The second-order valence-electron chi connectivity index (χ2n) is 3.08. The summed E-state index contributed by atoms with van der Waals surface area (Å²) < 4.78 is 15.1. The van der Waals surface area contributed by atoms with Gasteiger partial charge in [0.25, 0.3) is 0 Å². The number of aromatic nitrogens is 1. The smallest absolute Gasteiger partial charge is 0.399 e. The van der Waals surface area contributed by atoms with Gasteiger partial charge in [-0.25, -0.2) is 4.79 Å². The van der Waals surface area contributed by atoms with Crippen LogP contribution >= 0.6 is 0 Å². The Morgan fingerprint density at radius 2 is 2.18 bits per heavy atom. The van der Waals surface area contributed by atoms with E-state index in [0.29, 0.717) is 11.5 Å². The molecule has 0 radical (unpaired) electrons. The highest BCUT2D eigenvalue weighted by Crippen LogP contribution is 2.24. The van der Waals surface area contributed by atoms with E-state index < -0.39 is 5.97 Å². The van der Waals surface area contributed by atoms with Gasteiger partial charge in [0.05, 0.1) is 7.11 Å². The van der Waals surface area contributed by atoms with Gasteiger partial charge in [-0.3, -0.25) is 0 Å². The molecule has 88 valence electrons. The molecule has 1 heterocycles. The van der Waals surface area contributed by atoms with Gasteiger partial charge in [0, 0.05) is 6.07 Å². The number of aromatic carboxylic acids is 1. The zero-order valence-corrected chi connectivity index (χ0v) is 8.91. The summed E-state index contributed by atoms with van der Waals surface area (Å²) in [6.07, 6.45) is 0.883. The molecule has 6 nitrogen and oxygen atoms in total. The summed E-state index contributed by atoms with van der Waals surface area (Å²) in [5.41, 5.74) is -0.206. The molecular weight excluding hydrogens is 226 g/mol. The number of carboxylic acids is 1. The van der Waals surface area contributed by atoms with Gasteiger partial charge >= 0.3 is 12.0 Å². The predicted molar refractivity (Wildman–Crippen MR) is 56.5 cm³/mol. The van der Waals surface area contributed by atoms with E-state index in [1.165, 1.54) is 7.11 Å². The van der Waals surface area contributed by atoms with E-state index in [1.54, 1.807) is 24.3 Å². The third-order valence-corrected chi connectivity index (χ3v) is 1.95. The molecule has 0 fully saturated rings. The Kier molecular flexibility index (Phi) is 2.95. The second-order valence-corrected chi connectivity index (χ2v) is 3.08. The maximum Gasteiger partial charge on any atom is 0.399 e. The van der Waals surface area contributed by atoms with Crippen molar-refractivity contribution < 1.29 is 23.8 Å². The lowest BCUT2D eigenvalue weighted by molar-refractivity contribution is 0.0690. The van der Waals surface area contributed by atoms with Crippen molar-refractivity contribution in [3.63, 3.8) is 0 Å². The number of methoxy groups -OCH3 is 1. The number of rotatable bonds is 4. The van der Waals surface area contributed by atoms with E-state index in [-0.39, 0.29) is 11.8 Å². The summed E-state index contributed by atoms with van der Waals surface area (Å²) in [4.78, 5) is 14.2. The fourth-order valence-electron chi connectivity index (χ4n) is 1.17. The van der Waals surface area contributed by atoms with Gasteiger partial charge in [0.1, 0.15) is 17.8 Å². The number of hydrogen-bond donors (Lipinski definition) is 1. The minimum absolute atomic E-state index is 0.129. The molecule has 0 saturated heterocycles. The lowest BCUT2D eigenvalue weighted by atomic mass is 10.3. The Labute approximate surface area is 96.4 Å². The highest BCUT2D eigenvalue weighted by Gasteiger charge is 2.12. The minimum Gasteiger partial charge on any atom is -0.497 e. The molecule has 6 heteroatoms. The van der Waals surface area contributed by atoms with E-state index in [4.69, 9.17) is 19.0 Å². The second kappa shape index (κ2) is 4.56. The summed E-state index contributed by atoms with van der Waals surface area (Å²) in [6.45, 7) is 0. The van der Waals surface area contributed by atoms with Crippen LogP contribution in [0.4, 0.5) is 0 Å². The number of ether oxygens (including phenoxy) is 2. The number of oxazole rings is 1. The van der Waals surface area contributed by atoms with Gasteiger partial charge in [-0.15, -0.1) is 0 Å². The Morgan fingerprint density at radius 1 is 1.41 bits per heavy atom. The predicted octanol–water partition coefficient (Wildman–Crippen LogP) is 2.17. The van der Waals surface area contributed by atoms with Crippen molar-refractivity contribution in [2.45, 2.75) is 0 Å². The number of nitrogens with zero attached hydrogens (tertiary/aromatic N) is 1. The summed E-state index contributed by atoms with van der Waals surface area (Å²) in [5.74, 6) is -0.107. The lowest BCUT2D eigenvalue weighted by Gasteiger charge is -2.02. The number of carboxylic acid groups (broad SMARTS) is 1. The Balaban J connectivity index is 2.16. The third kappa shape index (κ3) is 2.54. The summed E-state index contributed by atoms with van der Waals surface area (Å²) >= 11 is 0. The Hall–Kier alpha value is -2.50. The molecule has 1 aromatic heterocycles. The van der Waals surface area contributed by atoms with E-state index in [2.05, 4.69) is 4.98 Å². The van der Waals surface area contributed by atoms with Crippen LogP contribution in [0.3, 0.4) is 0 Å². The topological polar surface area (TPSA) is 81.8 Å². The molecule has 0 atom stereocenters. The SMILES string of the molecule is COc1cccc(Oc2nc(C(=O)O)co2)c1.